The first-order chi connectivity index (χ1) is 9.16. The Labute approximate surface area is 115 Å². The lowest BCUT2D eigenvalue weighted by Crippen LogP contribution is -2.26. The molecule has 2 aromatic heterocycles. The molecular formula is C13H16N4OS. The molecule has 2 heterocycles. The van der Waals surface area contributed by atoms with Crippen molar-refractivity contribution in [2.75, 3.05) is 0 Å². The molecule has 1 saturated carbocycles. The van der Waals surface area contributed by atoms with Crippen molar-refractivity contribution in [1.82, 2.24) is 19.7 Å². The third kappa shape index (κ3) is 2.16. The molecule has 1 aliphatic carbocycles. The SMILES string of the molecule is Cc1ccc(-c2nc(=S)[nH][nH]2)c(=O)n1C1CCCC1. The summed E-state index contributed by atoms with van der Waals surface area (Å²) in [6.07, 6.45) is 4.57. The highest BCUT2D eigenvalue weighted by atomic mass is 32.1. The predicted molar refractivity (Wildman–Crippen MR) is 75.7 cm³/mol. The van der Waals surface area contributed by atoms with E-state index in [1.54, 1.807) is 0 Å². The van der Waals surface area contributed by atoms with E-state index in [1.807, 2.05) is 23.6 Å². The summed E-state index contributed by atoms with van der Waals surface area (Å²) in [5.41, 5.74) is 1.60. The van der Waals surface area contributed by atoms with Crippen LogP contribution >= 0.6 is 12.2 Å². The molecule has 3 rings (SSSR count). The third-order valence-corrected chi connectivity index (χ3v) is 3.96. The zero-order chi connectivity index (χ0) is 13.4. The number of aryl methyl sites for hydroxylation is 1. The first-order valence-electron chi connectivity index (χ1n) is 6.54. The molecule has 2 N–H and O–H groups in total. The first kappa shape index (κ1) is 12.3. The minimum absolute atomic E-state index is 0.0182. The van der Waals surface area contributed by atoms with Crippen LogP contribution in [0.3, 0.4) is 0 Å². The highest BCUT2D eigenvalue weighted by Gasteiger charge is 2.21. The maximum Gasteiger partial charge on any atom is 0.262 e. The van der Waals surface area contributed by atoms with Gasteiger partial charge in [0, 0.05) is 11.7 Å². The number of nitrogens with zero attached hydrogens (tertiary/aromatic N) is 2. The van der Waals surface area contributed by atoms with Gasteiger partial charge in [-0.25, -0.2) is 0 Å². The van der Waals surface area contributed by atoms with Crippen LogP contribution in [0.2, 0.25) is 0 Å². The first-order valence-corrected chi connectivity index (χ1v) is 6.95. The average Bonchev–Trinajstić information content (AvgIpc) is 3.01. The normalized spacial score (nSPS) is 16.1. The molecular weight excluding hydrogens is 260 g/mol. The molecule has 1 aliphatic rings. The van der Waals surface area contributed by atoms with E-state index in [0.29, 0.717) is 22.2 Å². The molecule has 100 valence electrons. The number of pyridine rings is 1. The third-order valence-electron chi connectivity index (χ3n) is 3.77. The summed E-state index contributed by atoms with van der Waals surface area (Å²) in [5, 5.41) is 5.57. The largest absolute Gasteiger partial charge is 0.309 e. The van der Waals surface area contributed by atoms with Crippen molar-refractivity contribution in [1.29, 1.82) is 0 Å². The van der Waals surface area contributed by atoms with Gasteiger partial charge in [0.1, 0.15) is 0 Å². The smallest absolute Gasteiger partial charge is 0.262 e. The van der Waals surface area contributed by atoms with Crippen LogP contribution in [0.4, 0.5) is 0 Å². The van der Waals surface area contributed by atoms with Crippen molar-refractivity contribution in [3.05, 3.63) is 33.0 Å². The van der Waals surface area contributed by atoms with Crippen LogP contribution in [0.25, 0.3) is 11.4 Å². The Kier molecular flexibility index (Phi) is 3.10. The van der Waals surface area contributed by atoms with Gasteiger partial charge in [0.15, 0.2) is 5.82 Å². The fourth-order valence-electron chi connectivity index (χ4n) is 2.84. The van der Waals surface area contributed by atoms with Crippen LogP contribution < -0.4 is 5.56 Å². The summed E-state index contributed by atoms with van der Waals surface area (Å²) < 4.78 is 2.27. The van der Waals surface area contributed by atoms with Crippen LogP contribution in [0, 0.1) is 11.7 Å². The Balaban J connectivity index is 2.15. The van der Waals surface area contributed by atoms with Crippen LogP contribution in [0.1, 0.15) is 37.4 Å². The number of rotatable bonds is 2. The molecule has 0 atom stereocenters. The lowest BCUT2D eigenvalue weighted by molar-refractivity contribution is 0.492. The van der Waals surface area contributed by atoms with Gasteiger partial charge in [0.05, 0.1) is 5.56 Å². The molecule has 0 aliphatic heterocycles. The van der Waals surface area contributed by atoms with Gasteiger partial charge in [-0.15, -0.1) is 0 Å². The molecule has 0 radical (unpaired) electrons. The van der Waals surface area contributed by atoms with Crippen molar-refractivity contribution in [3.8, 4) is 11.4 Å². The zero-order valence-electron chi connectivity index (χ0n) is 10.8. The van der Waals surface area contributed by atoms with Crippen LogP contribution in [-0.2, 0) is 0 Å². The Bertz CT molecular complexity index is 706. The van der Waals surface area contributed by atoms with Gasteiger partial charge in [-0.3, -0.25) is 15.0 Å². The maximum absolute atomic E-state index is 12.6. The fourth-order valence-corrected chi connectivity index (χ4v) is 2.98. The molecule has 2 aromatic rings. The quantitative estimate of drug-likeness (QED) is 0.829. The second-order valence-corrected chi connectivity index (χ2v) is 5.40. The molecule has 19 heavy (non-hydrogen) atoms. The minimum atomic E-state index is 0.0182. The van der Waals surface area contributed by atoms with Gasteiger partial charge < -0.3 is 4.57 Å². The number of aromatic nitrogens is 4. The number of H-pyrrole nitrogens is 2. The summed E-state index contributed by atoms with van der Waals surface area (Å²) in [6, 6.07) is 4.11. The van der Waals surface area contributed by atoms with Crippen LogP contribution in [-0.4, -0.2) is 19.7 Å². The topological polar surface area (TPSA) is 66.5 Å². The Hall–Kier alpha value is -1.69. The zero-order valence-corrected chi connectivity index (χ0v) is 11.6. The van der Waals surface area contributed by atoms with Gasteiger partial charge in [-0.1, -0.05) is 12.8 Å². The highest BCUT2D eigenvalue weighted by molar-refractivity contribution is 7.71. The molecule has 0 unspecified atom stereocenters. The summed E-state index contributed by atoms with van der Waals surface area (Å²) in [4.78, 5) is 16.8. The van der Waals surface area contributed by atoms with Crippen molar-refractivity contribution >= 4 is 12.2 Å². The van der Waals surface area contributed by atoms with E-state index < -0.39 is 0 Å². The van der Waals surface area contributed by atoms with Crippen molar-refractivity contribution in [3.63, 3.8) is 0 Å². The van der Waals surface area contributed by atoms with Crippen molar-refractivity contribution in [2.45, 2.75) is 38.6 Å². The van der Waals surface area contributed by atoms with Gasteiger partial charge in [-0.2, -0.15) is 4.98 Å². The number of hydrogen-bond donors (Lipinski definition) is 2. The van der Waals surface area contributed by atoms with Crippen LogP contribution in [0.15, 0.2) is 16.9 Å². The van der Waals surface area contributed by atoms with E-state index >= 15 is 0 Å². The lowest BCUT2D eigenvalue weighted by Gasteiger charge is -2.17. The van der Waals surface area contributed by atoms with E-state index in [4.69, 9.17) is 12.2 Å². The van der Waals surface area contributed by atoms with Crippen molar-refractivity contribution in [2.24, 2.45) is 0 Å². The molecule has 5 nitrogen and oxygen atoms in total. The van der Waals surface area contributed by atoms with Gasteiger partial charge in [0.2, 0.25) is 4.77 Å². The van der Waals surface area contributed by atoms with E-state index in [-0.39, 0.29) is 5.56 Å². The van der Waals surface area contributed by atoms with Crippen LogP contribution in [0.5, 0.6) is 0 Å². The van der Waals surface area contributed by atoms with Gasteiger partial charge >= 0.3 is 0 Å². The van der Waals surface area contributed by atoms with Crippen molar-refractivity contribution < 1.29 is 0 Å². The molecule has 0 bridgehead atoms. The molecule has 0 amide bonds. The fraction of sp³-hybridized carbons (Fsp3) is 0.462. The van der Waals surface area contributed by atoms with E-state index in [9.17, 15) is 4.79 Å². The number of nitrogens with one attached hydrogen (secondary N) is 2. The predicted octanol–water partition coefficient (Wildman–Crippen LogP) is 2.72. The molecule has 0 aromatic carbocycles. The monoisotopic (exact) mass is 276 g/mol. The average molecular weight is 276 g/mol. The standard InChI is InChI=1S/C13H16N4OS/c1-8-6-7-10(11-14-13(19)16-15-11)12(18)17(8)9-4-2-3-5-9/h6-7,9H,2-5H2,1H3,(H2,14,15,16,19). The highest BCUT2D eigenvalue weighted by Crippen LogP contribution is 2.29. The number of hydrogen-bond acceptors (Lipinski definition) is 3. The summed E-state index contributed by atoms with van der Waals surface area (Å²) in [7, 11) is 0. The molecule has 1 fully saturated rings. The minimum Gasteiger partial charge on any atom is -0.309 e. The Morgan fingerprint density at radius 3 is 2.68 bits per heavy atom. The summed E-state index contributed by atoms with van der Waals surface area (Å²) in [6.45, 7) is 1.98. The molecule has 0 spiro atoms. The molecule has 6 heteroatoms. The van der Waals surface area contributed by atoms with E-state index in [1.165, 1.54) is 12.8 Å². The van der Waals surface area contributed by atoms with Gasteiger partial charge in [0.25, 0.3) is 5.56 Å². The second kappa shape index (κ2) is 4.77. The maximum atomic E-state index is 12.6. The summed E-state index contributed by atoms with van der Waals surface area (Å²) >= 11 is 4.94. The summed E-state index contributed by atoms with van der Waals surface area (Å²) in [5.74, 6) is 0.516. The van der Waals surface area contributed by atoms with Gasteiger partial charge in [-0.05, 0) is 44.1 Å². The molecule has 0 saturated heterocycles. The number of aromatic amines is 2. The van der Waals surface area contributed by atoms with E-state index in [2.05, 4.69) is 15.2 Å². The lowest BCUT2D eigenvalue weighted by atomic mass is 10.1. The second-order valence-electron chi connectivity index (χ2n) is 5.02. The Morgan fingerprint density at radius 2 is 2.05 bits per heavy atom. The Morgan fingerprint density at radius 1 is 1.32 bits per heavy atom. The van der Waals surface area contributed by atoms with E-state index in [0.717, 1.165) is 18.5 Å².